The second kappa shape index (κ2) is 12.0. The number of aliphatic hydroxyl groups is 2. The zero-order chi connectivity index (χ0) is 29.2. The fourth-order valence-corrected chi connectivity index (χ4v) is 6.37. The van der Waals surface area contributed by atoms with Crippen LogP contribution in [0.5, 0.6) is 0 Å². The van der Waals surface area contributed by atoms with Gasteiger partial charge in [-0.1, -0.05) is 60.7 Å². The van der Waals surface area contributed by atoms with Crippen LogP contribution in [0.2, 0.25) is 0 Å². The number of primary amides is 1. The van der Waals surface area contributed by atoms with E-state index in [4.69, 9.17) is 26.4 Å². The molecular formula is C31H38N8O3. The summed E-state index contributed by atoms with van der Waals surface area (Å²) >= 11 is 0. The Hall–Kier alpha value is -4.06. The van der Waals surface area contributed by atoms with Crippen molar-refractivity contribution < 1.29 is 15.0 Å². The van der Waals surface area contributed by atoms with Gasteiger partial charge in [0.1, 0.15) is 6.10 Å². The Bertz CT molecular complexity index is 1480. The molecule has 1 aliphatic carbocycles. The maximum atomic E-state index is 11.4. The number of nitrogens with two attached hydrogens (primary N) is 2. The summed E-state index contributed by atoms with van der Waals surface area (Å²) in [4.78, 5) is 28.0. The molecule has 7 N–H and O–H groups in total. The SMILES string of the molecule is NC(=O)CC[C@H]1C[C@@H](n2cnc3c(NCC(c4ccccc4)c4ccccc4)nc(N4CC[C@@H](N)C4)nc32)[C@H](O)[C@@H]1O. The number of carbonyl (C=O) groups is 1. The molecule has 42 heavy (non-hydrogen) atoms. The Kier molecular flexibility index (Phi) is 8.05. The first kappa shape index (κ1) is 28.1. The summed E-state index contributed by atoms with van der Waals surface area (Å²) in [6.45, 7) is 1.97. The molecule has 0 spiro atoms. The summed E-state index contributed by atoms with van der Waals surface area (Å²) in [5, 5.41) is 25.4. The van der Waals surface area contributed by atoms with Crippen LogP contribution in [-0.4, -0.2) is 73.5 Å². The largest absolute Gasteiger partial charge is 0.390 e. The molecule has 1 aliphatic heterocycles. The second-order valence-electron chi connectivity index (χ2n) is 11.5. The van der Waals surface area contributed by atoms with Crippen molar-refractivity contribution in [2.75, 3.05) is 29.9 Å². The lowest BCUT2D eigenvalue weighted by atomic mass is 9.91. The van der Waals surface area contributed by atoms with Crippen molar-refractivity contribution in [3.8, 4) is 0 Å². The van der Waals surface area contributed by atoms with Crippen LogP contribution >= 0.6 is 0 Å². The van der Waals surface area contributed by atoms with Gasteiger partial charge in [-0.05, 0) is 36.3 Å². The van der Waals surface area contributed by atoms with Crippen LogP contribution in [0.15, 0.2) is 67.0 Å². The van der Waals surface area contributed by atoms with E-state index < -0.39 is 24.2 Å². The van der Waals surface area contributed by atoms with Crippen LogP contribution in [0, 0.1) is 5.92 Å². The van der Waals surface area contributed by atoms with Crippen molar-refractivity contribution in [2.24, 2.45) is 17.4 Å². The predicted octanol–water partition coefficient (Wildman–Crippen LogP) is 2.16. The number of amides is 1. The quantitative estimate of drug-likeness (QED) is 0.192. The third kappa shape index (κ3) is 5.67. The topological polar surface area (TPSA) is 168 Å². The molecule has 0 radical (unpaired) electrons. The number of hydrogen-bond acceptors (Lipinski definition) is 9. The summed E-state index contributed by atoms with van der Waals surface area (Å²) in [7, 11) is 0. The lowest BCUT2D eigenvalue weighted by molar-refractivity contribution is -0.118. The monoisotopic (exact) mass is 570 g/mol. The molecule has 0 bridgehead atoms. The molecule has 5 atom stereocenters. The number of aromatic nitrogens is 4. The van der Waals surface area contributed by atoms with E-state index in [1.54, 1.807) is 6.33 Å². The molecule has 0 unspecified atom stereocenters. The van der Waals surface area contributed by atoms with E-state index in [0.29, 0.717) is 48.9 Å². The molecule has 2 aromatic heterocycles. The first-order valence-corrected chi connectivity index (χ1v) is 14.6. The first-order valence-electron chi connectivity index (χ1n) is 14.6. The minimum atomic E-state index is -1.03. The fourth-order valence-electron chi connectivity index (χ4n) is 6.37. The van der Waals surface area contributed by atoms with E-state index in [-0.39, 0.29) is 24.3 Å². The van der Waals surface area contributed by atoms with Gasteiger partial charge in [0.2, 0.25) is 11.9 Å². The predicted molar refractivity (Wildman–Crippen MR) is 161 cm³/mol. The molecule has 1 amide bonds. The van der Waals surface area contributed by atoms with Gasteiger partial charge in [-0.15, -0.1) is 0 Å². The molecule has 2 fully saturated rings. The second-order valence-corrected chi connectivity index (χ2v) is 11.5. The van der Waals surface area contributed by atoms with Gasteiger partial charge in [0.15, 0.2) is 17.0 Å². The average molecular weight is 571 g/mol. The number of imidazole rings is 1. The lowest BCUT2D eigenvalue weighted by Crippen LogP contribution is -2.30. The van der Waals surface area contributed by atoms with Gasteiger partial charge in [0.05, 0.1) is 18.5 Å². The highest BCUT2D eigenvalue weighted by Gasteiger charge is 2.43. The van der Waals surface area contributed by atoms with Crippen LogP contribution in [-0.2, 0) is 4.79 Å². The molecule has 11 nitrogen and oxygen atoms in total. The van der Waals surface area contributed by atoms with Gasteiger partial charge in [0.25, 0.3) is 0 Å². The fraction of sp³-hybridized carbons (Fsp3) is 0.419. The molecule has 3 heterocycles. The molecule has 1 saturated carbocycles. The first-order chi connectivity index (χ1) is 20.4. The van der Waals surface area contributed by atoms with Gasteiger partial charge in [-0.2, -0.15) is 9.97 Å². The zero-order valence-electron chi connectivity index (χ0n) is 23.5. The normalized spacial score (nSPS) is 24.1. The van der Waals surface area contributed by atoms with Crippen molar-refractivity contribution in [3.05, 3.63) is 78.1 Å². The Morgan fingerprint density at radius 1 is 1.02 bits per heavy atom. The van der Waals surface area contributed by atoms with E-state index in [1.165, 1.54) is 11.1 Å². The van der Waals surface area contributed by atoms with E-state index >= 15 is 0 Å². The van der Waals surface area contributed by atoms with Crippen LogP contribution in [0.4, 0.5) is 11.8 Å². The Morgan fingerprint density at radius 2 is 1.71 bits per heavy atom. The summed E-state index contributed by atoms with van der Waals surface area (Å²) in [6.07, 6.45) is 1.55. The lowest BCUT2D eigenvalue weighted by Gasteiger charge is -2.22. The molecule has 220 valence electrons. The number of nitrogens with one attached hydrogen (secondary N) is 1. The summed E-state index contributed by atoms with van der Waals surface area (Å²) in [5.74, 6) is 0.539. The molecule has 2 aromatic carbocycles. The van der Waals surface area contributed by atoms with Crippen molar-refractivity contribution in [3.63, 3.8) is 0 Å². The number of fused-ring (bicyclic) bond motifs is 1. The zero-order valence-corrected chi connectivity index (χ0v) is 23.5. The van der Waals surface area contributed by atoms with Crippen molar-refractivity contribution >= 4 is 28.8 Å². The number of anilines is 2. The van der Waals surface area contributed by atoms with Gasteiger partial charge in [-0.3, -0.25) is 4.79 Å². The van der Waals surface area contributed by atoms with Gasteiger partial charge in [0, 0.05) is 38.0 Å². The van der Waals surface area contributed by atoms with Gasteiger partial charge >= 0.3 is 0 Å². The minimum Gasteiger partial charge on any atom is -0.390 e. The van der Waals surface area contributed by atoms with Crippen molar-refractivity contribution in [1.29, 1.82) is 0 Å². The Balaban J connectivity index is 1.35. The molecule has 11 heteroatoms. The maximum Gasteiger partial charge on any atom is 0.229 e. The van der Waals surface area contributed by atoms with Crippen LogP contribution < -0.4 is 21.7 Å². The van der Waals surface area contributed by atoms with E-state index in [9.17, 15) is 15.0 Å². The molecule has 2 aliphatic rings. The number of carbonyl (C=O) groups excluding carboxylic acids is 1. The number of benzene rings is 2. The molecule has 4 aromatic rings. The Morgan fingerprint density at radius 3 is 2.33 bits per heavy atom. The van der Waals surface area contributed by atoms with E-state index in [1.807, 2.05) is 41.0 Å². The van der Waals surface area contributed by atoms with Crippen LogP contribution in [0.3, 0.4) is 0 Å². The Labute approximate surface area is 244 Å². The highest BCUT2D eigenvalue weighted by atomic mass is 16.3. The number of hydrogen-bond donors (Lipinski definition) is 5. The third-order valence-corrected chi connectivity index (χ3v) is 8.68. The summed E-state index contributed by atoms with van der Waals surface area (Å²) in [5.41, 5.74) is 15.1. The van der Waals surface area contributed by atoms with Crippen molar-refractivity contribution in [1.82, 2.24) is 19.5 Å². The highest BCUT2D eigenvalue weighted by Crippen LogP contribution is 2.40. The summed E-state index contributed by atoms with van der Waals surface area (Å²) < 4.78 is 1.84. The van der Waals surface area contributed by atoms with Crippen LogP contribution in [0.25, 0.3) is 11.2 Å². The molecule has 1 saturated heterocycles. The van der Waals surface area contributed by atoms with Gasteiger partial charge < -0.3 is 36.5 Å². The number of aliphatic hydroxyl groups excluding tert-OH is 2. The standard InChI is InChI=1S/C31H38N8O3/c32-22-13-14-38(17-22)31-36-29(34-16-23(19-7-3-1-4-8-19)20-9-5-2-6-10-20)26-30(37-31)39(18-35-26)24-15-21(11-12-25(33)40)27(41)28(24)42/h1-10,18,21-24,27-28,41-42H,11-17,32H2,(H2,33,40)(H,34,36,37)/t21-,22+,24+,27+,28-/m0/s1. The summed E-state index contributed by atoms with van der Waals surface area (Å²) in [6, 6.07) is 20.3. The van der Waals surface area contributed by atoms with Gasteiger partial charge in [-0.25, -0.2) is 4.98 Å². The highest BCUT2D eigenvalue weighted by molar-refractivity contribution is 5.84. The van der Waals surface area contributed by atoms with Crippen molar-refractivity contribution in [2.45, 2.75) is 55.9 Å². The average Bonchev–Trinajstić information content (AvgIpc) is 3.70. The van der Waals surface area contributed by atoms with Crippen LogP contribution in [0.1, 0.15) is 48.8 Å². The van der Waals surface area contributed by atoms with E-state index in [2.05, 4.69) is 34.5 Å². The van der Waals surface area contributed by atoms with E-state index in [0.717, 1.165) is 13.0 Å². The smallest absolute Gasteiger partial charge is 0.229 e. The minimum absolute atomic E-state index is 0.0453. The third-order valence-electron chi connectivity index (χ3n) is 8.68. The maximum absolute atomic E-state index is 11.4. The molecule has 6 rings (SSSR count). The molecular weight excluding hydrogens is 532 g/mol. The number of rotatable bonds is 10. The number of nitrogens with zero attached hydrogens (tertiary/aromatic N) is 5.